The van der Waals surface area contributed by atoms with E-state index in [9.17, 15) is 24.5 Å². The van der Waals surface area contributed by atoms with Crippen LogP contribution < -0.4 is 16.6 Å². The van der Waals surface area contributed by atoms with E-state index in [1.54, 1.807) is 13.0 Å². The number of carbonyl (C=O) groups is 1. The lowest BCUT2D eigenvalue weighted by molar-refractivity contribution is -0.385. The van der Waals surface area contributed by atoms with E-state index in [1.807, 2.05) is 0 Å². The number of carbonyl (C=O) groups excluding carboxylic acids is 1. The number of rotatable bonds is 3. The van der Waals surface area contributed by atoms with E-state index in [1.165, 1.54) is 25.3 Å². The number of para-hydroxylation sites is 1. The summed E-state index contributed by atoms with van der Waals surface area (Å²) in [5.41, 5.74) is -1.27. The summed E-state index contributed by atoms with van der Waals surface area (Å²) in [6.07, 6.45) is 0. The third kappa shape index (κ3) is 2.66. The van der Waals surface area contributed by atoms with E-state index < -0.39 is 28.1 Å². The summed E-state index contributed by atoms with van der Waals surface area (Å²) in [4.78, 5) is 51.8. The molecule has 0 radical (unpaired) electrons. The molecule has 134 valence electrons. The van der Waals surface area contributed by atoms with Gasteiger partial charge in [-0.2, -0.15) is 0 Å². The van der Waals surface area contributed by atoms with Gasteiger partial charge < -0.3 is 10.1 Å². The van der Waals surface area contributed by atoms with E-state index >= 15 is 0 Å². The fraction of sp³-hybridized carbons (Fsp3) is 0.188. The van der Waals surface area contributed by atoms with Crippen molar-refractivity contribution in [1.29, 1.82) is 0 Å². The van der Waals surface area contributed by atoms with Gasteiger partial charge in [0.1, 0.15) is 5.82 Å². The Morgan fingerprint density at radius 1 is 1.23 bits per heavy atom. The number of esters is 1. The van der Waals surface area contributed by atoms with Gasteiger partial charge in [-0.05, 0) is 6.92 Å². The van der Waals surface area contributed by atoms with Gasteiger partial charge in [0.2, 0.25) is 0 Å². The molecule has 10 nitrogen and oxygen atoms in total. The molecule has 0 spiro atoms. The van der Waals surface area contributed by atoms with Gasteiger partial charge in [-0.25, -0.2) is 9.59 Å². The van der Waals surface area contributed by atoms with Gasteiger partial charge in [0, 0.05) is 17.3 Å². The summed E-state index contributed by atoms with van der Waals surface area (Å²) in [5, 5.41) is 14.2. The van der Waals surface area contributed by atoms with E-state index in [4.69, 9.17) is 4.74 Å². The van der Waals surface area contributed by atoms with Gasteiger partial charge in [-0.3, -0.25) is 24.9 Å². The van der Waals surface area contributed by atoms with Crippen LogP contribution in [0.5, 0.6) is 0 Å². The molecule has 0 saturated heterocycles. The van der Waals surface area contributed by atoms with E-state index in [2.05, 4.69) is 15.3 Å². The molecule has 1 aromatic heterocycles. The maximum atomic E-state index is 12.5. The number of hydrogen-bond donors (Lipinski definition) is 3. The minimum Gasteiger partial charge on any atom is -0.466 e. The highest BCUT2D eigenvalue weighted by molar-refractivity contribution is 5.94. The van der Waals surface area contributed by atoms with Crippen molar-refractivity contribution in [3.8, 4) is 0 Å². The Kier molecular flexibility index (Phi) is 4.16. The van der Waals surface area contributed by atoms with Crippen LogP contribution >= 0.6 is 0 Å². The van der Waals surface area contributed by atoms with Crippen LogP contribution in [0, 0.1) is 10.1 Å². The average molecular weight is 358 g/mol. The molecule has 1 aliphatic heterocycles. The zero-order chi connectivity index (χ0) is 19.0. The summed E-state index contributed by atoms with van der Waals surface area (Å²) >= 11 is 0. The number of nitro benzene ring substituents is 1. The second-order valence-electron chi connectivity index (χ2n) is 5.60. The highest BCUT2D eigenvalue weighted by Gasteiger charge is 2.38. The van der Waals surface area contributed by atoms with Gasteiger partial charge in [-0.1, -0.05) is 18.2 Å². The third-order valence-corrected chi connectivity index (χ3v) is 4.12. The summed E-state index contributed by atoms with van der Waals surface area (Å²) in [6, 6.07) is 5.78. The zero-order valence-electron chi connectivity index (χ0n) is 13.8. The highest BCUT2D eigenvalue weighted by atomic mass is 16.6. The normalized spacial score (nSPS) is 15.8. The number of H-pyrrole nitrogens is 2. The van der Waals surface area contributed by atoms with Crippen molar-refractivity contribution in [3.05, 3.63) is 77.6 Å². The van der Waals surface area contributed by atoms with Crippen LogP contribution in [0.4, 0.5) is 11.5 Å². The number of methoxy groups -OCH3 is 1. The molecule has 2 heterocycles. The number of nitro groups is 1. The molecule has 2 aromatic rings. The number of ether oxygens (including phenoxy) is 1. The SMILES string of the molecule is COC(=O)C1=C(C)Nc2[nH]c(=O)[nH]c(=O)c2[C@H]1c1ccccc1[N+](=O)[O-]. The molecule has 3 N–H and O–H groups in total. The molecule has 1 aliphatic rings. The molecule has 0 aliphatic carbocycles. The summed E-state index contributed by atoms with van der Waals surface area (Å²) in [5.74, 6) is -1.75. The van der Waals surface area contributed by atoms with Crippen LogP contribution in [-0.2, 0) is 9.53 Å². The largest absolute Gasteiger partial charge is 0.466 e. The lowest BCUT2D eigenvalue weighted by Crippen LogP contribution is -2.35. The molecule has 0 amide bonds. The molecule has 1 aromatic carbocycles. The highest BCUT2D eigenvalue weighted by Crippen LogP contribution is 2.42. The number of anilines is 1. The molecule has 0 bridgehead atoms. The van der Waals surface area contributed by atoms with E-state index in [0.717, 1.165) is 0 Å². The number of hydrogen-bond acceptors (Lipinski definition) is 7. The summed E-state index contributed by atoms with van der Waals surface area (Å²) < 4.78 is 4.80. The Hall–Kier alpha value is -3.69. The molecule has 0 saturated carbocycles. The minimum atomic E-state index is -1.08. The minimum absolute atomic E-state index is 0.00935. The third-order valence-electron chi connectivity index (χ3n) is 4.12. The quantitative estimate of drug-likeness (QED) is 0.421. The fourth-order valence-corrected chi connectivity index (χ4v) is 3.08. The van der Waals surface area contributed by atoms with Crippen molar-refractivity contribution in [2.45, 2.75) is 12.8 Å². The van der Waals surface area contributed by atoms with E-state index in [-0.39, 0.29) is 28.2 Å². The number of nitrogens with zero attached hydrogens (tertiary/aromatic N) is 1. The Labute approximate surface area is 145 Å². The Morgan fingerprint density at radius 2 is 1.92 bits per heavy atom. The van der Waals surface area contributed by atoms with Crippen molar-refractivity contribution < 1.29 is 14.5 Å². The maximum Gasteiger partial charge on any atom is 0.336 e. The predicted octanol–water partition coefficient (Wildman–Crippen LogP) is 0.976. The number of aromatic nitrogens is 2. The van der Waals surface area contributed by atoms with Crippen molar-refractivity contribution >= 4 is 17.5 Å². The molecule has 26 heavy (non-hydrogen) atoms. The molecule has 3 rings (SSSR count). The topological polar surface area (TPSA) is 147 Å². The first-order valence-electron chi connectivity index (χ1n) is 7.51. The second kappa shape index (κ2) is 6.31. The maximum absolute atomic E-state index is 12.5. The number of fused-ring (bicyclic) bond motifs is 1. The molecule has 1 atom stereocenters. The lowest BCUT2D eigenvalue weighted by Gasteiger charge is -2.28. The Morgan fingerprint density at radius 3 is 2.58 bits per heavy atom. The molecular formula is C16H14N4O6. The van der Waals surface area contributed by atoms with Crippen LogP contribution in [0.1, 0.15) is 24.0 Å². The number of aromatic amines is 2. The predicted molar refractivity (Wildman–Crippen MR) is 91.0 cm³/mol. The van der Waals surface area contributed by atoms with Gasteiger partial charge in [0.15, 0.2) is 0 Å². The Bertz CT molecular complexity index is 1060. The average Bonchev–Trinajstić information content (AvgIpc) is 2.59. The van der Waals surface area contributed by atoms with E-state index in [0.29, 0.717) is 5.70 Å². The number of allylic oxidation sites excluding steroid dienone is 1. The van der Waals surface area contributed by atoms with Crippen molar-refractivity contribution in [2.24, 2.45) is 0 Å². The molecule has 0 unspecified atom stereocenters. The van der Waals surface area contributed by atoms with Crippen LogP contribution in [0.25, 0.3) is 0 Å². The summed E-state index contributed by atoms with van der Waals surface area (Å²) in [6.45, 7) is 1.55. The van der Waals surface area contributed by atoms with Gasteiger partial charge in [0.25, 0.3) is 11.2 Å². The van der Waals surface area contributed by atoms with Gasteiger partial charge in [-0.15, -0.1) is 0 Å². The standard InChI is InChI=1S/C16H14N4O6/c1-7-10(15(22)26-2)11(8-5-3-4-6-9(8)20(24)25)12-13(17-7)18-16(23)19-14(12)21/h3-6,11H,1-2H3,(H3,17,18,19,21,23)/t11-/m0/s1. The first-order chi connectivity index (χ1) is 12.3. The first kappa shape index (κ1) is 17.1. The number of benzene rings is 1. The molecule has 0 fully saturated rings. The van der Waals surface area contributed by atoms with Crippen LogP contribution in [-0.4, -0.2) is 28.0 Å². The van der Waals surface area contributed by atoms with Crippen LogP contribution in [0.15, 0.2) is 45.1 Å². The molecular weight excluding hydrogens is 344 g/mol. The monoisotopic (exact) mass is 358 g/mol. The van der Waals surface area contributed by atoms with Gasteiger partial charge in [0.05, 0.1) is 29.1 Å². The summed E-state index contributed by atoms with van der Waals surface area (Å²) in [7, 11) is 1.17. The zero-order valence-corrected chi connectivity index (χ0v) is 13.8. The Balaban J connectivity index is 2.40. The second-order valence-corrected chi connectivity index (χ2v) is 5.60. The smallest absolute Gasteiger partial charge is 0.336 e. The lowest BCUT2D eigenvalue weighted by atomic mass is 9.81. The van der Waals surface area contributed by atoms with Crippen LogP contribution in [0.3, 0.4) is 0 Å². The first-order valence-corrected chi connectivity index (χ1v) is 7.51. The van der Waals surface area contributed by atoms with Crippen molar-refractivity contribution in [3.63, 3.8) is 0 Å². The van der Waals surface area contributed by atoms with Gasteiger partial charge >= 0.3 is 11.7 Å². The van der Waals surface area contributed by atoms with Crippen molar-refractivity contribution in [1.82, 2.24) is 9.97 Å². The number of nitrogens with one attached hydrogen (secondary N) is 3. The van der Waals surface area contributed by atoms with Crippen LogP contribution in [0.2, 0.25) is 0 Å². The fourth-order valence-electron chi connectivity index (χ4n) is 3.08. The van der Waals surface area contributed by atoms with Crippen molar-refractivity contribution in [2.75, 3.05) is 12.4 Å². The molecule has 10 heteroatoms.